The van der Waals surface area contributed by atoms with E-state index in [0.29, 0.717) is 52.5 Å². The van der Waals surface area contributed by atoms with Gasteiger partial charge in [-0.2, -0.15) is 0 Å². The van der Waals surface area contributed by atoms with Gasteiger partial charge in [-0.15, -0.1) is 0 Å². The first-order chi connectivity index (χ1) is 23.5. The molecule has 0 spiro atoms. The van der Waals surface area contributed by atoms with Gasteiger partial charge in [0.2, 0.25) is 0 Å². The molecule has 4 heterocycles. The van der Waals surface area contributed by atoms with Gasteiger partial charge in [0.1, 0.15) is 24.4 Å². The number of esters is 2. The van der Waals surface area contributed by atoms with E-state index in [0.717, 1.165) is 0 Å². The Hall–Kier alpha value is -2.80. The first-order valence-electron chi connectivity index (χ1n) is 16.6. The van der Waals surface area contributed by atoms with Crippen LogP contribution >= 0.6 is 0 Å². The topological polar surface area (TPSA) is 233 Å². The van der Waals surface area contributed by atoms with Crippen LogP contribution in [0.2, 0.25) is 0 Å². The van der Waals surface area contributed by atoms with Crippen LogP contribution in [-0.2, 0) is 61.7 Å². The molecule has 0 N–H and O–H groups in total. The van der Waals surface area contributed by atoms with E-state index in [-0.39, 0.29) is 39.1 Å². The van der Waals surface area contributed by atoms with E-state index >= 15 is 0 Å². The molecule has 0 radical (unpaired) electrons. The Kier molecular flexibility index (Phi) is 15.1. The van der Waals surface area contributed by atoms with Gasteiger partial charge in [-0.1, -0.05) is 10.2 Å². The number of nitrogens with zero attached hydrogens (tertiary/aromatic N) is 6. The number of rotatable bonds is 22. The molecule has 0 amide bonds. The summed E-state index contributed by atoms with van der Waals surface area (Å²) in [5, 5.41) is 7.15. The predicted molar refractivity (Wildman–Crippen MR) is 166 cm³/mol. The summed E-state index contributed by atoms with van der Waals surface area (Å²) >= 11 is 0. The average molecular weight is 701 g/mol. The molecule has 19 heteroatoms. The number of azide groups is 2. The van der Waals surface area contributed by atoms with Crippen molar-refractivity contribution in [2.75, 3.05) is 65.9 Å². The maximum atomic E-state index is 12.4. The van der Waals surface area contributed by atoms with Gasteiger partial charge in [0, 0.05) is 35.9 Å². The first-order valence-corrected chi connectivity index (χ1v) is 16.6. The highest BCUT2D eigenvalue weighted by molar-refractivity contribution is 5.70. The third kappa shape index (κ3) is 12.2. The third-order valence-electron chi connectivity index (χ3n) is 8.01. The second-order valence-corrected chi connectivity index (χ2v) is 12.8. The molecule has 8 atom stereocenters. The minimum atomic E-state index is -0.817. The van der Waals surface area contributed by atoms with Crippen LogP contribution < -0.4 is 0 Å². The summed E-state index contributed by atoms with van der Waals surface area (Å²) in [7, 11) is 0. The lowest BCUT2D eigenvalue weighted by molar-refractivity contribution is -0.189. The van der Waals surface area contributed by atoms with E-state index in [4.69, 9.17) is 63.2 Å². The fourth-order valence-corrected chi connectivity index (χ4v) is 6.08. The summed E-state index contributed by atoms with van der Waals surface area (Å²) in [5.41, 5.74) is 17.3. The Morgan fingerprint density at radius 1 is 0.571 bits per heavy atom. The van der Waals surface area contributed by atoms with Crippen LogP contribution in [0.15, 0.2) is 10.2 Å². The first kappa shape index (κ1) is 39.0. The molecule has 4 rings (SSSR count). The van der Waals surface area contributed by atoms with E-state index in [1.54, 1.807) is 27.7 Å². The van der Waals surface area contributed by atoms with Gasteiger partial charge < -0.3 is 52.1 Å². The summed E-state index contributed by atoms with van der Waals surface area (Å²) in [6.07, 6.45) is -2.78. The number of ether oxygens (including phenoxy) is 11. The summed E-state index contributed by atoms with van der Waals surface area (Å²) in [6.45, 7) is 10.1. The van der Waals surface area contributed by atoms with E-state index in [1.165, 1.54) is 0 Å². The second kappa shape index (κ2) is 19.0. The predicted octanol–water partition coefficient (Wildman–Crippen LogP) is 2.88. The second-order valence-electron chi connectivity index (χ2n) is 12.8. The van der Waals surface area contributed by atoms with Crippen molar-refractivity contribution in [3.63, 3.8) is 0 Å². The average Bonchev–Trinajstić information content (AvgIpc) is 3.73. The fraction of sp³-hybridized carbons (Fsp3) is 0.933. The van der Waals surface area contributed by atoms with Crippen LogP contribution in [0.25, 0.3) is 20.9 Å². The SMILES string of the molecule is CC1(C)O[C@@H]2[C@@H](CN=[N+]=[N-])OC(CC(=O)OCCCOCCOCCOCCCOC(=O)CC3O[C@H](CN=[N+]=[N-])[C@H]4OC(C)(C)O[C@@H]34)[C@@H]2O1. The standard InChI is InChI=1S/C30H48N6O13/c1-29(2)46-25-19(44-21(17-33-35-31)27(25)48-29)15-23(37)42-9-5-7-39-11-13-41-14-12-40-8-6-10-43-24(38)16-20-26-28(49-30(3,4)47-26)22(45-20)18-34-36-32/h19-22,25-28H,5-18H2,1-4H3/t19?,20?,21-,22-,25+,26+,27-,28-/m1/s1. The largest absolute Gasteiger partial charge is 0.466 e. The van der Waals surface area contributed by atoms with Gasteiger partial charge >= 0.3 is 11.9 Å². The van der Waals surface area contributed by atoms with Crippen molar-refractivity contribution in [1.29, 1.82) is 0 Å². The Bertz CT molecular complexity index is 1090. The Labute approximate surface area is 284 Å². The van der Waals surface area contributed by atoms with Crippen LogP contribution in [0, 0.1) is 0 Å². The molecular weight excluding hydrogens is 652 g/mol. The van der Waals surface area contributed by atoms with Crippen molar-refractivity contribution in [2.24, 2.45) is 10.2 Å². The van der Waals surface area contributed by atoms with Crippen LogP contribution in [0.3, 0.4) is 0 Å². The Morgan fingerprint density at radius 3 is 1.29 bits per heavy atom. The summed E-state index contributed by atoms with van der Waals surface area (Å²) in [5.74, 6) is -2.47. The van der Waals surface area contributed by atoms with Crippen molar-refractivity contribution in [3.05, 3.63) is 20.9 Å². The molecule has 0 aromatic heterocycles. The van der Waals surface area contributed by atoms with Crippen LogP contribution in [-0.4, -0.2) is 138 Å². The smallest absolute Gasteiger partial charge is 0.308 e. The van der Waals surface area contributed by atoms with E-state index < -0.39 is 72.3 Å². The van der Waals surface area contributed by atoms with E-state index in [9.17, 15) is 9.59 Å². The van der Waals surface area contributed by atoms with Crippen LogP contribution in [0.1, 0.15) is 53.4 Å². The molecule has 0 saturated carbocycles. The molecule has 4 fully saturated rings. The van der Waals surface area contributed by atoms with Crippen molar-refractivity contribution in [2.45, 2.75) is 114 Å². The highest BCUT2D eigenvalue weighted by atomic mass is 16.8. The maximum Gasteiger partial charge on any atom is 0.308 e. The minimum Gasteiger partial charge on any atom is -0.466 e. The number of hydrogen-bond donors (Lipinski definition) is 0. The van der Waals surface area contributed by atoms with Crippen molar-refractivity contribution in [1.82, 2.24) is 0 Å². The molecule has 4 aliphatic rings. The normalized spacial score (nSPS) is 30.6. The Morgan fingerprint density at radius 2 is 0.918 bits per heavy atom. The molecule has 49 heavy (non-hydrogen) atoms. The highest BCUT2D eigenvalue weighted by Crippen LogP contribution is 2.41. The maximum absolute atomic E-state index is 12.4. The lowest BCUT2D eigenvalue weighted by Gasteiger charge is -2.23. The molecule has 0 aromatic carbocycles. The Balaban J connectivity index is 0.937. The molecule has 19 nitrogen and oxygen atoms in total. The molecule has 276 valence electrons. The summed E-state index contributed by atoms with van der Waals surface area (Å²) in [4.78, 5) is 30.3. The fourth-order valence-electron chi connectivity index (χ4n) is 6.08. The van der Waals surface area contributed by atoms with Crippen LogP contribution in [0.5, 0.6) is 0 Å². The molecular formula is C30H48N6O13. The lowest BCUT2D eigenvalue weighted by atomic mass is 10.1. The molecule has 0 aliphatic carbocycles. The number of carbonyl (C=O) groups is 2. The monoisotopic (exact) mass is 700 g/mol. The molecule has 0 bridgehead atoms. The van der Waals surface area contributed by atoms with Gasteiger partial charge in [-0.25, -0.2) is 0 Å². The number of carbonyl (C=O) groups excluding carboxylic acids is 2. The van der Waals surface area contributed by atoms with E-state index in [2.05, 4.69) is 20.1 Å². The zero-order valence-corrected chi connectivity index (χ0v) is 28.5. The zero-order valence-electron chi connectivity index (χ0n) is 28.5. The molecule has 4 aliphatic heterocycles. The minimum absolute atomic E-state index is 0.000783. The van der Waals surface area contributed by atoms with Gasteiger partial charge in [-0.05, 0) is 38.8 Å². The van der Waals surface area contributed by atoms with E-state index in [1.807, 2.05) is 0 Å². The molecule has 2 unspecified atom stereocenters. The van der Waals surface area contributed by atoms with Gasteiger partial charge in [0.15, 0.2) is 11.6 Å². The number of hydrogen-bond acceptors (Lipinski definition) is 15. The molecule has 4 saturated heterocycles. The van der Waals surface area contributed by atoms with Gasteiger partial charge in [0.25, 0.3) is 0 Å². The summed E-state index contributed by atoms with van der Waals surface area (Å²) in [6, 6.07) is 0. The van der Waals surface area contributed by atoms with Crippen molar-refractivity contribution < 1.29 is 61.7 Å². The highest BCUT2D eigenvalue weighted by Gasteiger charge is 2.56. The third-order valence-corrected chi connectivity index (χ3v) is 8.01. The quantitative estimate of drug-likeness (QED) is 0.0520. The van der Waals surface area contributed by atoms with Crippen molar-refractivity contribution in [3.8, 4) is 0 Å². The van der Waals surface area contributed by atoms with Gasteiger partial charge in [-0.3, -0.25) is 9.59 Å². The molecule has 0 aromatic rings. The van der Waals surface area contributed by atoms with Crippen LogP contribution in [0.4, 0.5) is 0 Å². The lowest BCUT2D eigenvalue weighted by Crippen LogP contribution is -2.32. The van der Waals surface area contributed by atoms with Gasteiger partial charge in [0.05, 0.1) is 90.0 Å². The zero-order chi connectivity index (χ0) is 35.3. The van der Waals surface area contributed by atoms with Crippen molar-refractivity contribution >= 4 is 11.9 Å². The number of fused-ring (bicyclic) bond motifs is 2. The summed E-state index contributed by atoms with van der Waals surface area (Å²) < 4.78 is 62.5.